The number of hydrogen-bond donors (Lipinski definition) is 0. The van der Waals surface area contributed by atoms with Crippen molar-refractivity contribution in [2.24, 2.45) is 5.92 Å². The molecule has 1 unspecified atom stereocenters. The summed E-state index contributed by atoms with van der Waals surface area (Å²) < 4.78 is 5.87. The van der Waals surface area contributed by atoms with Gasteiger partial charge in [-0.2, -0.15) is 0 Å². The molecule has 0 saturated heterocycles. The summed E-state index contributed by atoms with van der Waals surface area (Å²) in [5, 5.41) is 0. The van der Waals surface area contributed by atoms with E-state index >= 15 is 0 Å². The number of hydrogen-bond acceptors (Lipinski definition) is 1. The first kappa shape index (κ1) is 12.1. The van der Waals surface area contributed by atoms with Crippen molar-refractivity contribution in [2.45, 2.75) is 64.3 Å². The van der Waals surface area contributed by atoms with Crippen LogP contribution in [0.1, 0.15) is 51.9 Å². The molecule has 1 nitrogen and oxygen atoms in total. The zero-order valence-electron chi connectivity index (χ0n) is 9.50. The highest BCUT2D eigenvalue weighted by Gasteiger charge is 2.31. The lowest BCUT2D eigenvalue weighted by Crippen LogP contribution is -2.16. The van der Waals surface area contributed by atoms with Gasteiger partial charge in [0.25, 0.3) is 0 Å². The van der Waals surface area contributed by atoms with E-state index < -0.39 is 0 Å². The van der Waals surface area contributed by atoms with E-state index in [2.05, 4.69) is 6.92 Å². The molecular formula is C12H23BO. The smallest absolute Gasteiger partial charge is 0.0654 e. The molecule has 0 aromatic carbocycles. The first-order chi connectivity index (χ1) is 6.88. The van der Waals surface area contributed by atoms with Gasteiger partial charge in [0.1, 0.15) is 0 Å². The molecule has 14 heavy (non-hydrogen) atoms. The normalized spacial score (nSPS) is 18.4. The molecule has 0 aromatic heterocycles. The predicted molar refractivity (Wildman–Crippen MR) is 61.8 cm³/mol. The Morgan fingerprint density at radius 1 is 1.29 bits per heavy atom. The summed E-state index contributed by atoms with van der Waals surface area (Å²) in [5.41, 5.74) is 0. The molecule has 2 radical (unpaired) electrons. The third-order valence-electron chi connectivity index (χ3n) is 2.92. The Morgan fingerprint density at radius 2 is 2.07 bits per heavy atom. The van der Waals surface area contributed by atoms with Crippen LogP contribution in [-0.4, -0.2) is 20.6 Å². The van der Waals surface area contributed by atoms with Crippen LogP contribution in [0.4, 0.5) is 0 Å². The Kier molecular flexibility index (Phi) is 6.34. The van der Waals surface area contributed by atoms with E-state index in [-0.39, 0.29) is 0 Å². The Bertz CT molecular complexity index is 124. The van der Waals surface area contributed by atoms with Gasteiger partial charge in [-0.05, 0) is 31.6 Å². The maximum Gasteiger partial charge on any atom is 0.0654 e. The number of unbranched alkanes of at least 4 members (excludes halogenated alkanes) is 2. The Hall–Kier alpha value is 0.0249. The van der Waals surface area contributed by atoms with Crippen LogP contribution in [0.3, 0.4) is 0 Å². The molecule has 1 atom stereocenters. The molecule has 80 valence electrons. The molecule has 1 aliphatic carbocycles. The molecule has 1 fully saturated rings. The lowest BCUT2D eigenvalue weighted by atomic mass is 10.0. The van der Waals surface area contributed by atoms with Crippen LogP contribution in [0.25, 0.3) is 0 Å². The summed E-state index contributed by atoms with van der Waals surface area (Å²) in [7, 11) is 5.45. The monoisotopic (exact) mass is 194 g/mol. The molecule has 0 N–H and O–H groups in total. The molecule has 1 saturated carbocycles. The van der Waals surface area contributed by atoms with Gasteiger partial charge in [0.05, 0.1) is 14.0 Å². The Balaban J connectivity index is 2.05. The van der Waals surface area contributed by atoms with Crippen LogP contribution in [-0.2, 0) is 4.74 Å². The molecule has 2 heteroatoms. The zero-order valence-corrected chi connectivity index (χ0v) is 9.50. The SMILES string of the molecule is [B]CCCOC(CCCCC)C1CC1. The topological polar surface area (TPSA) is 9.23 Å². The summed E-state index contributed by atoms with van der Waals surface area (Å²) in [4.78, 5) is 0. The molecular weight excluding hydrogens is 171 g/mol. The maximum atomic E-state index is 5.87. The molecule has 0 aromatic rings. The zero-order chi connectivity index (χ0) is 10.2. The highest BCUT2D eigenvalue weighted by molar-refractivity contribution is 6.08. The second-order valence-electron chi connectivity index (χ2n) is 4.38. The predicted octanol–water partition coefficient (Wildman–Crippen LogP) is 3.34. The van der Waals surface area contributed by atoms with Crippen LogP contribution >= 0.6 is 0 Å². The van der Waals surface area contributed by atoms with Gasteiger partial charge in [0.2, 0.25) is 0 Å². The summed E-state index contributed by atoms with van der Waals surface area (Å²) in [6.45, 7) is 3.12. The Labute approximate surface area is 90.0 Å². The van der Waals surface area contributed by atoms with Gasteiger partial charge in [-0.25, -0.2) is 0 Å². The van der Waals surface area contributed by atoms with Crippen LogP contribution in [0, 0.1) is 5.92 Å². The van der Waals surface area contributed by atoms with E-state index in [1.165, 1.54) is 38.5 Å². The standard InChI is InChI=1S/C12H23BO/c1-2-3-4-6-12(11-7-8-11)14-10-5-9-13/h11-12H,2-10H2,1H3. The van der Waals surface area contributed by atoms with Gasteiger partial charge in [0, 0.05) is 6.61 Å². The minimum Gasteiger partial charge on any atom is -0.378 e. The van der Waals surface area contributed by atoms with E-state index in [1.807, 2.05) is 0 Å². The molecule has 0 heterocycles. The average Bonchev–Trinajstić information content (AvgIpc) is 2.99. The van der Waals surface area contributed by atoms with Gasteiger partial charge < -0.3 is 4.74 Å². The largest absolute Gasteiger partial charge is 0.378 e. The highest BCUT2D eigenvalue weighted by atomic mass is 16.5. The Morgan fingerprint density at radius 3 is 2.64 bits per heavy atom. The summed E-state index contributed by atoms with van der Waals surface area (Å²) in [5.74, 6) is 0.879. The van der Waals surface area contributed by atoms with Crippen LogP contribution < -0.4 is 0 Å². The third kappa shape index (κ3) is 5.04. The fourth-order valence-corrected chi connectivity index (χ4v) is 1.84. The second kappa shape index (κ2) is 7.33. The minimum absolute atomic E-state index is 0.549. The van der Waals surface area contributed by atoms with E-state index in [9.17, 15) is 0 Å². The fraction of sp³-hybridized carbons (Fsp3) is 1.00. The quantitative estimate of drug-likeness (QED) is 0.404. The average molecular weight is 194 g/mol. The number of rotatable bonds is 9. The van der Waals surface area contributed by atoms with E-state index in [0.717, 1.165) is 25.3 Å². The van der Waals surface area contributed by atoms with Crippen LogP contribution in [0.15, 0.2) is 0 Å². The molecule has 1 aliphatic rings. The van der Waals surface area contributed by atoms with Crippen molar-refractivity contribution >= 4 is 7.85 Å². The lowest BCUT2D eigenvalue weighted by Gasteiger charge is -2.16. The summed E-state index contributed by atoms with van der Waals surface area (Å²) in [6, 6.07) is 0. The molecule has 0 spiro atoms. The maximum absolute atomic E-state index is 5.87. The fourth-order valence-electron chi connectivity index (χ4n) is 1.84. The molecule has 0 aliphatic heterocycles. The summed E-state index contributed by atoms with van der Waals surface area (Å²) in [6.07, 6.45) is 10.3. The second-order valence-corrected chi connectivity index (χ2v) is 4.38. The van der Waals surface area contributed by atoms with Gasteiger partial charge in [-0.1, -0.05) is 32.5 Å². The van der Waals surface area contributed by atoms with Crippen molar-refractivity contribution in [3.8, 4) is 0 Å². The van der Waals surface area contributed by atoms with Gasteiger partial charge >= 0.3 is 0 Å². The van der Waals surface area contributed by atoms with E-state index in [1.54, 1.807) is 0 Å². The first-order valence-corrected chi connectivity index (χ1v) is 6.20. The third-order valence-corrected chi connectivity index (χ3v) is 2.92. The van der Waals surface area contributed by atoms with Crippen molar-refractivity contribution < 1.29 is 4.74 Å². The van der Waals surface area contributed by atoms with Crippen molar-refractivity contribution in [2.75, 3.05) is 6.61 Å². The van der Waals surface area contributed by atoms with Crippen molar-refractivity contribution in [1.82, 2.24) is 0 Å². The molecule has 0 bridgehead atoms. The lowest BCUT2D eigenvalue weighted by molar-refractivity contribution is 0.0312. The van der Waals surface area contributed by atoms with Crippen LogP contribution in [0.5, 0.6) is 0 Å². The minimum atomic E-state index is 0.549. The molecule has 1 rings (SSSR count). The van der Waals surface area contributed by atoms with Crippen molar-refractivity contribution in [1.29, 1.82) is 0 Å². The van der Waals surface area contributed by atoms with Crippen LogP contribution in [0.2, 0.25) is 6.32 Å². The van der Waals surface area contributed by atoms with Crippen molar-refractivity contribution in [3.63, 3.8) is 0 Å². The first-order valence-electron chi connectivity index (χ1n) is 6.20. The summed E-state index contributed by atoms with van der Waals surface area (Å²) >= 11 is 0. The van der Waals surface area contributed by atoms with E-state index in [0.29, 0.717) is 6.10 Å². The van der Waals surface area contributed by atoms with Gasteiger partial charge in [-0.15, -0.1) is 0 Å². The number of ether oxygens (including phenoxy) is 1. The molecule has 0 amide bonds. The van der Waals surface area contributed by atoms with Crippen molar-refractivity contribution in [3.05, 3.63) is 0 Å². The van der Waals surface area contributed by atoms with E-state index in [4.69, 9.17) is 12.6 Å². The van der Waals surface area contributed by atoms with Gasteiger partial charge in [0.15, 0.2) is 0 Å². The highest BCUT2D eigenvalue weighted by Crippen LogP contribution is 2.36. The van der Waals surface area contributed by atoms with Gasteiger partial charge in [-0.3, -0.25) is 0 Å².